The summed E-state index contributed by atoms with van der Waals surface area (Å²) in [5.74, 6) is 5.12. The average molecular weight is 459 g/mol. The highest BCUT2D eigenvalue weighted by Gasteiger charge is 2.18. The van der Waals surface area contributed by atoms with Crippen LogP contribution < -0.4 is 10.2 Å². The van der Waals surface area contributed by atoms with E-state index in [1.807, 2.05) is 26.8 Å². The summed E-state index contributed by atoms with van der Waals surface area (Å²) >= 11 is 0. The summed E-state index contributed by atoms with van der Waals surface area (Å²) in [5.41, 5.74) is 5.99. The van der Waals surface area contributed by atoms with Crippen LogP contribution in [0.25, 0.3) is 11.1 Å². The van der Waals surface area contributed by atoms with Crippen molar-refractivity contribution >= 4 is 17.3 Å². The molecule has 0 spiro atoms. The van der Waals surface area contributed by atoms with E-state index >= 15 is 0 Å². The molecule has 1 saturated heterocycles. The first kappa shape index (κ1) is 23.4. The molecule has 1 fully saturated rings. The van der Waals surface area contributed by atoms with Crippen LogP contribution in [0.3, 0.4) is 0 Å². The number of morpholine rings is 1. The van der Waals surface area contributed by atoms with Crippen LogP contribution in [0, 0.1) is 38.4 Å². The van der Waals surface area contributed by atoms with Crippen LogP contribution in [0.4, 0.5) is 15.8 Å². The average Bonchev–Trinajstić information content (AvgIpc) is 2.81. The maximum Gasteiger partial charge on any atom is 0.255 e. The third kappa shape index (κ3) is 5.08. The van der Waals surface area contributed by atoms with Gasteiger partial charge in [0.05, 0.1) is 24.6 Å². The molecule has 0 saturated carbocycles. The first-order chi connectivity index (χ1) is 16.4. The lowest BCUT2D eigenvalue weighted by Gasteiger charge is -2.29. The van der Waals surface area contributed by atoms with Gasteiger partial charge < -0.3 is 15.0 Å². The smallest absolute Gasteiger partial charge is 0.255 e. The van der Waals surface area contributed by atoms with Crippen LogP contribution >= 0.6 is 0 Å². The zero-order chi connectivity index (χ0) is 24.2. The number of nitrogens with zero attached hydrogens (tertiary/aromatic N) is 3. The minimum absolute atomic E-state index is 0.114. The van der Waals surface area contributed by atoms with Crippen LogP contribution in [-0.4, -0.2) is 42.2 Å². The standard InChI is InChI=1S/C27H27FN4O2/c1-5-6-24-26(32-7-9-34-10-8-32)14-21(16-29-24)22-15-25(23(28)11-17(22)2)31-27(33)20-12-18(3)30-19(4)13-20/h11-16H,7-10H2,1-4H3,(H,31,33). The number of ether oxygens (including phenoxy) is 1. The normalized spacial score (nSPS) is 13.3. The number of rotatable bonds is 4. The molecule has 1 aliphatic rings. The van der Waals surface area contributed by atoms with Crippen molar-refractivity contribution in [3.8, 4) is 23.0 Å². The molecule has 0 bridgehead atoms. The van der Waals surface area contributed by atoms with Gasteiger partial charge >= 0.3 is 0 Å². The Labute approximate surface area is 199 Å². The molecule has 0 aliphatic carbocycles. The van der Waals surface area contributed by atoms with Gasteiger partial charge in [-0.05, 0) is 75.1 Å². The first-order valence-corrected chi connectivity index (χ1v) is 11.2. The van der Waals surface area contributed by atoms with Crippen LogP contribution in [0.15, 0.2) is 36.5 Å². The zero-order valence-corrected chi connectivity index (χ0v) is 19.8. The summed E-state index contributed by atoms with van der Waals surface area (Å²) in [5, 5.41) is 2.72. The molecule has 0 unspecified atom stereocenters. The molecular weight excluding hydrogens is 431 g/mol. The molecule has 4 rings (SSSR count). The maximum absolute atomic E-state index is 14.8. The Morgan fingerprint density at radius 3 is 2.47 bits per heavy atom. The molecule has 34 heavy (non-hydrogen) atoms. The molecule has 6 nitrogen and oxygen atoms in total. The molecule has 0 atom stereocenters. The fraction of sp³-hybridized carbons (Fsp3) is 0.296. The summed E-state index contributed by atoms with van der Waals surface area (Å²) < 4.78 is 20.3. The predicted octanol–water partition coefficient (Wildman–Crippen LogP) is 4.67. The molecule has 3 heterocycles. The molecule has 1 amide bonds. The Kier molecular flexibility index (Phi) is 6.90. The predicted molar refractivity (Wildman–Crippen MR) is 132 cm³/mol. The topological polar surface area (TPSA) is 67.4 Å². The van der Waals surface area contributed by atoms with Gasteiger partial charge in [0.25, 0.3) is 5.91 Å². The quantitative estimate of drug-likeness (QED) is 0.576. The number of pyridine rings is 2. The van der Waals surface area contributed by atoms with Crippen molar-refractivity contribution in [2.45, 2.75) is 27.7 Å². The van der Waals surface area contributed by atoms with Crippen LogP contribution in [0.2, 0.25) is 0 Å². The second-order valence-corrected chi connectivity index (χ2v) is 8.31. The highest BCUT2D eigenvalue weighted by molar-refractivity contribution is 6.04. The van der Waals surface area contributed by atoms with Gasteiger partial charge in [-0.2, -0.15) is 0 Å². The van der Waals surface area contributed by atoms with E-state index in [2.05, 4.69) is 32.0 Å². The molecular formula is C27H27FN4O2. The molecule has 7 heteroatoms. The fourth-order valence-corrected chi connectivity index (χ4v) is 4.10. The summed E-state index contributed by atoms with van der Waals surface area (Å²) in [6, 6.07) is 8.49. The third-order valence-electron chi connectivity index (χ3n) is 5.68. The Hall–Kier alpha value is -3.76. The van der Waals surface area contributed by atoms with Crippen LogP contribution in [-0.2, 0) is 4.74 Å². The molecule has 3 aromatic rings. The number of hydrogen-bond donors (Lipinski definition) is 1. The lowest BCUT2D eigenvalue weighted by atomic mass is 9.99. The van der Waals surface area contributed by atoms with Crippen molar-refractivity contribution in [1.29, 1.82) is 0 Å². The fourth-order valence-electron chi connectivity index (χ4n) is 4.10. The first-order valence-electron chi connectivity index (χ1n) is 11.2. The lowest BCUT2D eigenvalue weighted by Crippen LogP contribution is -2.36. The molecule has 1 N–H and O–H groups in total. The number of hydrogen-bond acceptors (Lipinski definition) is 5. The minimum Gasteiger partial charge on any atom is -0.378 e. The van der Waals surface area contributed by atoms with E-state index in [9.17, 15) is 9.18 Å². The SMILES string of the molecule is CC#Cc1ncc(-c2cc(NC(=O)c3cc(C)nc(C)c3)c(F)cc2C)cc1N1CCOCC1. The van der Waals surface area contributed by atoms with E-state index in [-0.39, 0.29) is 11.6 Å². The molecule has 174 valence electrons. The van der Waals surface area contributed by atoms with Gasteiger partial charge in [0.1, 0.15) is 11.5 Å². The number of amides is 1. The number of nitrogens with one attached hydrogen (secondary N) is 1. The monoisotopic (exact) mass is 458 g/mol. The maximum atomic E-state index is 14.8. The molecule has 0 radical (unpaired) electrons. The van der Waals surface area contributed by atoms with Crippen molar-refractivity contribution in [3.05, 3.63) is 70.6 Å². The van der Waals surface area contributed by atoms with Gasteiger partial charge in [-0.3, -0.25) is 9.78 Å². The third-order valence-corrected chi connectivity index (χ3v) is 5.68. The van der Waals surface area contributed by atoms with Gasteiger partial charge in [-0.15, -0.1) is 0 Å². The number of halogens is 1. The molecule has 2 aromatic heterocycles. The largest absolute Gasteiger partial charge is 0.378 e. The summed E-state index contributed by atoms with van der Waals surface area (Å²) in [4.78, 5) is 23.9. The van der Waals surface area contributed by atoms with Crippen LogP contribution in [0.5, 0.6) is 0 Å². The molecule has 1 aliphatic heterocycles. The van der Waals surface area contributed by atoms with Gasteiger partial charge in [0, 0.05) is 41.8 Å². The van der Waals surface area contributed by atoms with Crippen molar-refractivity contribution in [3.63, 3.8) is 0 Å². The zero-order valence-electron chi connectivity index (χ0n) is 19.8. The number of carbonyl (C=O) groups is 1. The van der Waals surface area contributed by atoms with Gasteiger partial charge in [-0.25, -0.2) is 9.37 Å². The van der Waals surface area contributed by atoms with E-state index in [4.69, 9.17) is 4.74 Å². The van der Waals surface area contributed by atoms with Gasteiger partial charge in [0.15, 0.2) is 0 Å². The van der Waals surface area contributed by atoms with Crippen molar-refractivity contribution < 1.29 is 13.9 Å². The van der Waals surface area contributed by atoms with E-state index in [0.717, 1.165) is 46.9 Å². The van der Waals surface area contributed by atoms with Gasteiger partial charge in [-0.1, -0.05) is 5.92 Å². The number of benzene rings is 1. The second-order valence-electron chi connectivity index (χ2n) is 8.31. The number of anilines is 2. The number of aromatic nitrogens is 2. The Balaban J connectivity index is 1.71. The van der Waals surface area contributed by atoms with Crippen molar-refractivity contribution in [2.24, 2.45) is 0 Å². The van der Waals surface area contributed by atoms with E-state index < -0.39 is 5.82 Å². The highest BCUT2D eigenvalue weighted by Crippen LogP contribution is 2.32. The van der Waals surface area contributed by atoms with Gasteiger partial charge in [0.2, 0.25) is 0 Å². The molecule has 1 aromatic carbocycles. The second kappa shape index (κ2) is 10.0. The summed E-state index contributed by atoms with van der Waals surface area (Å²) in [6.45, 7) is 10.0. The van der Waals surface area contributed by atoms with Crippen molar-refractivity contribution in [2.75, 3.05) is 36.5 Å². The Morgan fingerprint density at radius 2 is 1.79 bits per heavy atom. The lowest BCUT2D eigenvalue weighted by molar-refractivity contribution is 0.102. The summed E-state index contributed by atoms with van der Waals surface area (Å²) in [7, 11) is 0. The van der Waals surface area contributed by atoms with E-state index in [1.54, 1.807) is 31.3 Å². The summed E-state index contributed by atoms with van der Waals surface area (Å²) in [6.07, 6.45) is 1.74. The number of aryl methyl sites for hydroxylation is 3. The van der Waals surface area contributed by atoms with E-state index in [1.165, 1.54) is 6.07 Å². The Morgan fingerprint density at radius 1 is 1.09 bits per heavy atom. The Bertz CT molecular complexity index is 1280. The highest BCUT2D eigenvalue weighted by atomic mass is 19.1. The minimum atomic E-state index is -0.494. The van der Waals surface area contributed by atoms with E-state index in [0.29, 0.717) is 24.5 Å². The number of carbonyl (C=O) groups excluding carboxylic acids is 1. The van der Waals surface area contributed by atoms with Crippen LogP contribution in [0.1, 0.15) is 39.9 Å². The van der Waals surface area contributed by atoms with Crippen molar-refractivity contribution in [1.82, 2.24) is 9.97 Å².